The summed E-state index contributed by atoms with van der Waals surface area (Å²) < 4.78 is 0. The maximum absolute atomic E-state index is 10.7. The summed E-state index contributed by atoms with van der Waals surface area (Å²) in [7, 11) is 0. The molecule has 0 aliphatic heterocycles. The number of nitrogens with zero attached hydrogens (tertiary/aromatic N) is 1. The lowest BCUT2D eigenvalue weighted by molar-refractivity contribution is -0.137. The highest BCUT2D eigenvalue weighted by Gasteiger charge is 2.06. The van der Waals surface area contributed by atoms with E-state index in [4.69, 9.17) is 5.73 Å². The van der Waals surface area contributed by atoms with Crippen molar-refractivity contribution in [1.29, 1.82) is 0 Å². The van der Waals surface area contributed by atoms with Crippen LogP contribution in [0.25, 0.3) is 0 Å². The van der Waals surface area contributed by atoms with Crippen molar-refractivity contribution in [3.8, 4) is 0 Å². The van der Waals surface area contributed by atoms with E-state index in [9.17, 15) is 9.59 Å². The molecule has 0 atom stereocenters. The highest BCUT2D eigenvalue weighted by atomic mass is 16.2. The lowest BCUT2D eigenvalue weighted by Gasteiger charge is -2.01. The summed E-state index contributed by atoms with van der Waals surface area (Å²) in [5.74, 6) is -1.73. The van der Waals surface area contributed by atoms with Gasteiger partial charge in [-0.15, -0.1) is 0 Å². The first-order valence-electron chi connectivity index (χ1n) is 4.17. The predicted octanol–water partition coefficient (Wildman–Crippen LogP) is -0.774. The molecule has 0 aliphatic rings. The van der Waals surface area contributed by atoms with Gasteiger partial charge in [0.15, 0.2) is 0 Å². The summed E-state index contributed by atoms with van der Waals surface area (Å²) in [6.07, 6.45) is 2.26. The fraction of sp³-hybridized carbons (Fsp3) is 0.222. The first kappa shape index (κ1) is 10.2. The molecule has 3 N–H and O–H groups in total. The molecule has 0 aliphatic carbocycles. The molecule has 1 aromatic heterocycles. The van der Waals surface area contributed by atoms with Gasteiger partial charge in [0.2, 0.25) is 0 Å². The molecular weight excluding hydrogens is 182 g/mol. The van der Waals surface area contributed by atoms with Gasteiger partial charge < -0.3 is 11.1 Å². The number of hydrogen-bond acceptors (Lipinski definition) is 3. The van der Waals surface area contributed by atoms with Gasteiger partial charge in [-0.05, 0) is 12.1 Å². The summed E-state index contributed by atoms with van der Waals surface area (Å²) in [5.41, 5.74) is 5.61. The average Bonchev–Trinajstić information content (AvgIpc) is 2.19. The second-order valence-corrected chi connectivity index (χ2v) is 2.69. The van der Waals surface area contributed by atoms with E-state index in [1.54, 1.807) is 6.20 Å². The third kappa shape index (κ3) is 3.22. The number of carbonyl (C=O) groups is 2. The van der Waals surface area contributed by atoms with Crippen molar-refractivity contribution in [2.45, 2.75) is 6.42 Å². The lowest BCUT2D eigenvalue weighted by atomic mass is 10.3. The van der Waals surface area contributed by atoms with Crippen molar-refractivity contribution in [3.63, 3.8) is 0 Å². The SMILES string of the molecule is NC(=O)C(=O)NCCc1ccccn1. The van der Waals surface area contributed by atoms with Crippen LogP contribution in [0, 0.1) is 0 Å². The van der Waals surface area contributed by atoms with Crippen LogP contribution in [0.15, 0.2) is 24.4 Å². The number of rotatable bonds is 3. The maximum atomic E-state index is 10.7. The minimum Gasteiger partial charge on any atom is -0.361 e. The van der Waals surface area contributed by atoms with Crippen molar-refractivity contribution in [2.24, 2.45) is 5.73 Å². The highest BCUT2D eigenvalue weighted by Crippen LogP contribution is 1.92. The lowest BCUT2D eigenvalue weighted by Crippen LogP contribution is -2.37. The zero-order valence-corrected chi connectivity index (χ0v) is 7.56. The fourth-order valence-corrected chi connectivity index (χ4v) is 0.937. The monoisotopic (exact) mass is 193 g/mol. The number of pyridine rings is 1. The first-order chi connectivity index (χ1) is 6.70. The van der Waals surface area contributed by atoms with E-state index in [1.165, 1.54) is 0 Å². The quantitative estimate of drug-likeness (QED) is 0.618. The molecule has 14 heavy (non-hydrogen) atoms. The number of nitrogens with one attached hydrogen (secondary N) is 1. The number of primary amides is 1. The third-order valence-electron chi connectivity index (χ3n) is 1.62. The van der Waals surface area contributed by atoms with Gasteiger partial charge in [-0.2, -0.15) is 0 Å². The van der Waals surface area contributed by atoms with Crippen LogP contribution in [0.2, 0.25) is 0 Å². The smallest absolute Gasteiger partial charge is 0.309 e. The second kappa shape index (κ2) is 4.96. The van der Waals surface area contributed by atoms with Crippen LogP contribution in [0.4, 0.5) is 0 Å². The minimum atomic E-state index is -0.967. The Morgan fingerprint density at radius 3 is 2.79 bits per heavy atom. The van der Waals surface area contributed by atoms with Gasteiger partial charge in [-0.3, -0.25) is 14.6 Å². The molecule has 0 unspecified atom stereocenters. The van der Waals surface area contributed by atoms with E-state index in [0.717, 1.165) is 5.69 Å². The Kier molecular flexibility index (Phi) is 3.60. The van der Waals surface area contributed by atoms with Crippen LogP contribution in [0.5, 0.6) is 0 Å². The van der Waals surface area contributed by atoms with E-state index >= 15 is 0 Å². The molecule has 0 saturated heterocycles. The number of nitrogens with two attached hydrogens (primary N) is 1. The molecule has 0 radical (unpaired) electrons. The second-order valence-electron chi connectivity index (χ2n) is 2.69. The normalized spacial score (nSPS) is 9.43. The number of aromatic nitrogens is 1. The molecule has 2 amide bonds. The van der Waals surface area contributed by atoms with Crippen molar-refractivity contribution in [3.05, 3.63) is 30.1 Å². The molecule has 0 saturated carbocycles. The van der Waals surface area contributed by atoms with Gasteiger partial charge in [0.1, 0.15) is 0 Å². The Balaban J connectivity index is 2.29. The molecule has 74 valence electrons. The van der Waals surface area contributed by atoms with E-state index in [0.29, 0.717) is 13.0 Å². The Morgan fingerprint density at radius 2 is 2.21 bits per heavy atom. The fourth-order valence-electron chi connectivity index (χ4n) is 0.937. The van der Waals surface area contributed by atoms with E-state index in [1.807, 2.05) is 18.2 Å². The summed E-state index contributed by atoms with van der Waals surface area (Å²) >= 11 is 0. The minimum absolute atomic E-state index is 0.360. The van der Waals surface area contributed by atoms with Crippen LogP contribution in [-0.4, -0.2) is 23.3 Å². The number of amides is 2. The molecule has 1 aromatic rings. The van der Waals surface area contributed by atoms with Crippen molar-refractivity contribution in [2.75, 3.05) is 6.54 Å². The van der Waals surface area contributed by atoms with Crippen molar-refractivity contribution >= 4 is 11.8 Å². The van der Waals surface area contributed by atoms with Crippen LogP contribution >= 0.6 is 0 Å². The summed E-state index contributed by atoms with van der Waals surface area (Å²) in [6, 6.07) is 5.51. The summed E-state index contributed by atoms with van der Waals surface area (Å²) in [6.45, 7) is 0.360. The van der Waals surface area contributed by atoms with E-state index < -0.39 is 11.8 Å². The van der Waals surface area contributed by atoms with Gasteiger partial charge in [-0.1, -0.05) is 6.07 Å². The first-order valence-corrected chi connectivity index (χ1v) is 4.17. The molecule has 0 aromatic carbocycles. The Labute approximate surface area is 81.3 Å². The maximum Gasteiger partial charge on any atom is 0.309 e. The van der Waals surface area contributed by atoms with Gasteiger partial charge in [-0.25, -0.2) is 0 Å². The van der Waals surface area contributed by atoms with Crippen LogP contribution in [-0.2, 0) is 16.0 Å². The molecule has 0 fully saturated rings. The van der Waals surface area contributed by atoms with Gasteiger partial charge in [0.25, 0.3) is 0 Å². The van der Waals surface area contributed by atoms with Crippen molar-refractivity contribution in [1.82, 2.24) is 10.3 Å². The van der Waals surface area contributed by atoms with Gasteiger partial charge in [0, 0.05) is 24.9 Å². The molecule has 0 bridgehead atoms. The van der Waals surface area contributed by atoms with E-state index in [2.05, 4.69) is 10.3 Å². The highest BCUT2D eigenvalue weighted by molar-refractivity contribution is 6.34. The number of carbonyl (C=O) groups excluding carboxylic acids is 2. The van der Waals surface area contributed by atoms with Crippen LogP contribution in [0.1, 0.15) is 5.69 Å². The summed E-state index contributed by atoms with van der Waals surface area (Å²) in [4.78, 5) is 25.1. The molecule has 1 heterocycles. The number of hydrogen-bond donors (Lipinski definition) is 2. The largest absolute Gasteiger partial charge is 0.361 e. The Bertz CT molecular complexity index is 324. The molecule has 5 nitrogen and oxygen atoms in total. The Morgan fingerprint density at radius 1 is 1.43 bits per heavy atom. The average molecular weight is 193 g/mol. The van der Waals surface area contributed by atoms with Gasteiger partial charge >= 0.3 is 11.8 Å². The summed E-state index contributed by atoms with van der Waals surface area (Å²) in [5, 5.41) is 2.38. The standard InChI is InChI=1S/C9H11N3O2/c10-8(13)9(14)12-6-4-7-3-1-2-5-11-7/h1-3,5H,4,6H2,(H2,10,13)(H,12,14). The topological polar surface area (TPSA) is 85.1 Å². The Hall–Kier alpha value is -1.91. The molecule has 1 rings (SSSR count). The zero-order chi connectivity index (χ0) is 10.4. The van der Waals surface area contributed by atoms with Gasteiger partial charge in [0.05, 0.1) is 0 Å². The third-order valence-corrected chi connectivity index (χ3v) is 1.62. The predicted molar refractivity (Wildman–Crippen MR) is 50.1 cm³/mol. The van der Waals surface area contributed by atoms with Crippen molar-refractivity contribution < 1.29 is 9.59 Å². The van der Waals surface area contributed by atoms with Crippen LogP contribution < -0.4 is 11.1 Å². The molecular formula is C9H11N3O2. The zero-order valence-electron chi connectivity index (χ0n) is 7.56. The molecule has 0 spiro atoms. The molecule has 5 heteroatoms. The van der Waals surface area contributed by atoms with Crippen LogP contribution in [0.3, 0.4) is 0 Å². The van der Waals surface area contributed by atoms with E-state index in [-0.39, 0.29) is 0 Å².